The van der Waals surface area contributed by atoms with E-state index in [1.54, 1.807) is 0 Å². The molecule has 3 aromatic carbocycles. The van der Waals surface area contributed by atoms with Crippen LogP contribution in [0.2, 0.25) is 5.02 Å². The zero-order valence-corrected chi connectivity index (χ0v) is 22.1. The van der Waals surface area contributed by atoms with Crippen molar-refractivity contribution in [1.29, 1.82) is 0 Å². The van der Waals surface area contributed by atoms with Crippen molar-refractivity contribution in [3.05, 3.63) is 92.5 Å². The van der Waals surface area contributed by atoms with E-state index in [1.165, 1.54) is 0 Å². The van der Waals surface area contributed by atoms with Crippen molar-refractivity contribution in [3.8, 4) is 11.1 Å². The van der Waals surface area contributed by atoms with Gasteiger partial charge in [0.15, 0.2) is 0 Å². The van der Waals surface area contributed by atoms with Crippen LogP contribution in [0.4, 0.5) is 61.5 Å². The minimum absolute atomic E-state index is 0.0377. The maximum atomic E-state index is 15.8. The third-order valence-corrected chi connectivity index (χ3v) is 6.56. The fourth-order valence-corrected chi connectivity index (χ4v) is 4.44. The van der Waals surface area contributed by atoms with Crippen LogP contribution in [0.3, 0.4) is 0 Å². The van der Waals surface area contributed by atoms with Gasteiger partial charge in [-0.1, -0.05) is 11.6 Å². The summed E-state index contributed by atoms with van der Waals surface area (Å²) in [5.74, 6) is -3.78. The fourth-order valence-electron chi connectivity index (χ4n) is 4.20. The Morgan fingerprint density at radius 3 is 1.36 bits per heavy atom. The lowest BCUT2D eigenvalue weighted by Crippen LogP contribution is -2.37. The molecule has 44 heavy (non-hydrogen) atoms. The standard InChI is InChI=1S/C25H14BClF14O3/c1-21(44-26(42)43,11-4-14(24(36,37)38)7-15(5-11)25(39,40)41)9-16-17(27)8-18(28)19(20(16)29)10-2-12(22(30,31)32)6-13(3-10)23(33,34)35/h2-8,42-43H,9H2,1H3. The van der Waals surface area contributed by atoms with Crippen LogP contribution < -0.4 is 0 Å². The van der Waals surface area contributed by atoms with Crippen LogP contribution in [0.25, 0.3) is 11.1 Å². The first-order chi connectivity index (χ1) is 19.7. The molecule has 0 amide bonds. The van der Waals surface area contributed by atoms with Crippen LogP contribution >= 0.6 is 11.6 Å². The molecule has 0 aliphatic carbocycles. The molecule has 3 nitrogen and oxygen atoms in total. The largest absolute Gasteiger partial charge is 0.634 e. The molecule has 0 spiro atoms. The molecule has 0 aliphatic heterocycles. The molecular formula is C25H14BClF14O3. The van der Waals surface area contributed by atoms with Crippen LogP contribution in [-0.4, -0.2) is 17.4 Å². The third-order valence-electron chi connectivity index (χ3n) is 6.22. The van der Waals surface area contributed by atoms with Gasteiger partial charge in [0.1, 0.15) is 11.6 Å². The summed E-state index contributed by atoms with van der Waals surface area (Å²) in [6, 6.07) is -0.337. The average Bonchev–Trinajstić information content (AvgIpc) is 2.83. The minimum Gasteiger partial charge on any atom is -0.402 e. The Bertz CT molecular complexity index is 1480. The maximum Gasteiger partial charge on any atom is 0.634 e. The highest BCUT2D eigenvalue weighted by atomic mass is 35.5. The third kappa shape index (κ3) is 7.76. The summed E-state index contributed by atoms with van der Waals surface area (Å²) < 4.78 is 196. The van der Waals surface area contributed by atoms with E-state index in [9.17, 15) is 67.1 Å². The highest BCUT2D eigenvalue weighted by molar-refractivity contribution is 6.33. The SMILES string of the molecule is CC(Cc1c(Cl)cc(F)c(-c2cc(C(F)(F)F)cc(C(F)(F)F)c2)c1F)(OB(O)O)c1cc(C(F)(F)F)cc(C(F)(F)F)c1. The van der Waals surface area contributed by atoms with Crippen molar-refractivity contribution in [2.45, 2.75) is 43.7 Å². The van der Waals surface area contributed by atoms with Gasteiger partial charge in [0.05, 0.1) is 33.4 Å². The molecule has 240 valence electrons. The lowest BCUT2D eigenvalue weighted by atomic mass is 9.84. The van der Waals surface area contributed by atoms with Gasteiger partial charge in [0.2, 0.25) is 0 Å². The zero-order chi connectivity index (χ0) is 33.8. The molecule has 2 N–H and O–H groups in total. The summed E-state index contributed by atoms with van der Waals surface area (Å²) in [7, 11) is -2.96. The van der Waals surface area contributed by atoms with E-state index in [1.807, 2.05) is 0 Å². The quantitative estimate of drug-likeness (QED) is 0.203. The molecular weight excluding hydrogens is 661 g/mol. The lowest BCUT2D eigenvalue weighted by molar-refractivity contribution is -0.144. The number of rotatable bonds is 6. The highest BCUT2D eigenvalue weighted by Crippen LogP contribution is 2.44. The van der Waals surface area contributed by atoms with E-state index in [2.05, 4.69) is 0 Å². The van der Waals surface area contributed by atoms with Crippen LogP contribution in [0.15, 0.2) is 42.5 Å². The van der Waals surface area contributed by atoms with Gasteiger partial charge in [-0.15, -0.1) is 0 Å². The molecule has 19 heteroatoms. The zero-order valence-electron chi connectivity index (χ0n) is 21.3. The second kappa shape index (κ2) is 11.7. The van der Waals surface area contributed by atoms with Crippen molar-refractivity contribution in [3.63, 3.8) is 0 Å². The molecule has 0 heterocycles. The second-order valence-electron chi connectivity index (χ2n) is 9.45. The van der Waals surface area contributed by atoms with E-state index < -0.39 is 105 Å². The predicted molar refractivity (Wildman–Crippen MR) is 126 cm³/mol. The van der Waals surface area contributed by atoms with Gasteiger partial charge in [-0.05, 0) is 60.5 Å². The summed E-state index contributed by atoms with van der Waals surface area (Å²) in [5, 5.41) is 17.8. The first-order valence-electron chi connectivity index (χ1n) is 11.5. The molecule has 3 rings (SSSR count). The van der Waals surface area contributed by atoms with E-state index in [0.717, 1.165) is 0 Å². The number of benzene rings is 3. The molecule has 3 aromatic rings. The highest BCUT2D eigenvalue weighted by Gasteiger charge is 2.42. The number of hydrogen-bond acceptors (Lipinski definition) is 3. The molecule has 1 atom stereocenters. The molecule has 0 saturated heterocycles. The number of halogens is 15. The normalized spacial score (nSPS) is 14.5. The Balaban J connectivity index is 2.33. The molecule has 0 fully saturated rings. The van der Waals surface area contributed by atoms with Gasteiger partial charge < -0.3 is 14.7 Å². The Morgan fingerprint density at radius 2 is 1.00 bits per heavy atom. The summed E-state index contributed by atoms with van der Waals surface area (Å²) >= 11 is 5.86. The van der Waals surface area contributed by atoms with Gasteiger partial charge in [0.25, 0.3) is 0 Å². The Morgan fingerprint density at radius 1 is 0.636 bits per heavy atom. The van der Waals surface area contributed by atoms with Crippen LogP contribution in [0.5, 0.6) is 0 Å². The fraction of sp³-hybridized carbons (Fsp3) is 0.280. The molecule has 0 aromatic heterocycles. The number of hydrogen-bond donors (Lipinski definition) is 2. The predicted octanol–water partition coefficient (Wildman–Crippen LogP) is 8.80. The smallest absolute Gasteiger partial charge is 0.402 e. The minimum atomic E-state index is -5.44. The molecule has 0 saturated carbocycles. The summed E-state index contributed by atoms with van der Waals surface area (Å²) in [5.41, 5.74) is -15.6. The van der Waals surface area contributed by atoms with Gasteiger partial charge >= 0.3 is 32.0 Å². The Hall–Kier alpha value is -3.09. The van der Waals surface area contributed by atoms with E-state index in [0.29, 0.717) is 6.92 Å². The van der Waals surface area contributed by atoms with E-state index in [-0.39, 0.29) is 42.5 Å². The van der Waals surface area contributed by atoms with Crippen LogP contribution in [-0.2, 0) is 41.4 Å². The number of alkyl halides is 12. The van der Waals surface area contributed by atoms with Gasteiger partial charge in [-0.25, -0.2) is 8.78 Å². The monoisotopic (exact) mass is 674 g/mol. The summed E-state index contributed by atoms with van der Waals surface area (Å²) in [4.78, 5) is 0. The van der Waals surface area contributed by atoms with Crippen molar-refractivity contribution in [2.24, 2.45) is 0 Å². The average molecular weight is 675 g/mol. The van der Waals surface area contributed by atoms with Crippen molar-refractivity contribution in [2.75, 3.05) is 0 Å². The van der Waals surface area contributed by atoms with Crippen LogP contribution in [0, 0.1) is 11.6 Å². The van der Waals surface area contributed by atoms with Gasteiger partial charge in [0, 0.05) is 17.0 Å². The van der Waals surface area contributed by atoms with E-state index >= 15 is 4.39 Å². The molecule has 0 aliphatic rings. The van der Waals surface area contributed by atoms with E-state index in [4.69, 9.17) is 16.3 Å². The van der Waals surface area contributed by atoms with Gasteiger partial charge in [-0.3, -0.25) is 0 Å². The summed E-state index contributed by atoms with van der Waals surface area (Å²) in [6.07, 6.45) is -23.1. The molecule has 0 radical (unpaired) electrons. The summed E-state index contributed by atoms with van der Waals surface area (Å²) in [6.45, 7) is 0.646. The van der Waals surface area contributed by atoms with Crippen LogP contribution in [0.1, 0.15) is 40.3 Å². The maximum absolute atomic E-state index is 15.8. The Kier molecular flexibility index (Phi) is 9.40. The first-order valence-corrected chi connectivity index (χ1v) is 11.9. The lowest BCUT2D eigenvalue weighted by Gasteiger charge is -2.33. The van der Waals surface area contributed by atoms with Crippen molar-refractivity contribution in [1.82, 2.24) is 0 Å². The topological polar surface area (TPSA) is 49.7 Å². The van der Waals surface area contributed by atoms with Crippen molar-refractivity contribution < 1.29 is 76.2 Å². The Labute approximate surface area is 242 Å². The molecule has 0 bridgehead atoms. The van der Waals surface area contributed by atoms with Crippen molar-refractivity contribution >= 4 is 18.9 Å². The molecule has 1 unspecified atom stereocenters. The first kappa shape index (κ1) is 35.4. The second-order valence-corrected chi connectivity index (χ2v) is 9.86. The van der Waals surface area contributed by atoms with Gasteiger partial charge in [-0.2, -0.15) is 52.7 Å².